The summed E-state index contributed by atoms with van der Waals surface area (Å²) < 4.78 is 13.6. The first-order valence-corrected chi connectivity index (χ1v) is 30.4. The largest absolute Gasteiger partial charge is 0.456 e. The molecule has 404 valence electrons. The molecule has 6 heterocycles. The predicted molar refractivity (Wildman–Crippen MR) is 344 cm³/mol. The predicted octanol–water partition coefficient (Wildman–Crippen LogP) is 18.7. The van der Waals surface area contributed by atoms with E-state index in [0.717, 1.165) is 68.1 Å². The molecule has 0 saturated heterocycles. The fourth-order valence-corrected chi connectivity index (χ4v) is 17.4. The Kier molecular flexibility index (Phi) is 9.78. The van der Waals surface area contributed by atoms with E-state index in [1.54, 1.807) is 0 Å². The lowest BCUT2D eigenvalue weighted by Gasteiger charge is -2.51. The van der Waals surface area contributed by atoms with Crippen LogP contribution in [0.25, 0.3) is 43.9 Å². The maximum atomic E-state index is 7.07. The molecule has 2 fully saturated rings. The van der Waals surface area contributed by atoms with Crippen molar-refractivity contribution in [3.05, 3.63) is 198 Å². The first kappa shape index (κ1) is 48.5. The smallest absolute Gasteiger partial charge is 0.252 e. The van der Waals surface area contributed by atoms with Crippen LogP contribution in [-0.4, -0.2) is 17.8 Å². The number of nitrogens with zero attached hydrogens (tertiary/aromatic N) is 4. The molecular formula is C75H69BN4O2. The Bertz CT molecular complexity index is 4560. The molecule has 2 aromatic heterocycles. The quantitative estimate of drug-likeness (QED) is 0.164. The number of hydrogen-bond acceptors (Lipinski definition) is 6. The summed E-state index contributed by atoms with van der Waals surface area (Å²) in [4.78, 5) is 10.7. The standard InChI is InChI=1S/C75H69BN4O2/c1-46-40-64-69-65(41-46)78(61-25-19-22-53-51-20-9-14-27-67(51)82-70(53)61)63-45-50(79-59-24-12-11-23-55(59)72(5)36-15-17-38-74(72,79)7)30-33-58(63)76(69)57-32-29-49(44-62(57)77(64)48-31-35-68-54(43-48)52-21-10-13-26-66(52)81-68)80-60-34-28-47(71(2,3)4)42-56(60)73(6)37-16-18-39-75(73,80)8/h9-14,19-35,40-45H,15-18,36-39H2,1-8H3. The highest BCUT2D eigenvalue weighted by atomic mass is 16.3. The highest BCUT2D eigenvalue weighted by Crippen LogP contribution is 2.63. The van der Waals surface area contributed by atoms with E-state index in [0.29, 0.717) is 0 Å². The highest BCUT2D eigenvalue weighted by molar-refractivity contribution is 7.00. The number of hydrogen-bond donors (Lipinski definition) is 0. The molecule has 0 amide bonds. The minimum Gasteiger partial charge on any atom is -0.456 e. The number of anilines is 10. The van der Waals surface area contributed by atoms with Gasteiger partial charge in [0.25, 0.3) is 6.71 Å². The van der Waals surface area contributed by atoms with Crippen LogP contribution in [-0.2, 0) is 16.2 Å². The van der Waals surface area contributed by atoms with Crippen molar-refractivity contribution in [2.45, 2.75) is 134 Å². The second kappa shape index (κ2) is 16.5. The molecule has 4 aliphatic heterocycles. The lowest BCUT2D eigenvalue weighted by molar-refractivity contribution is 0.195. The molecule has 0 spiro atoms. The first-order chi connectivity index (χ1) is 39.7. The van der Waals surface area contributed by atoms with Crippen molar-refractivity contribution >= 4 is 124 Å². The zero-order valence-corrected chi connectivity index (χ0v) is 48.6. The number of benzene rings is 9. The molecule has 0 N–H and O–H groups in total. The topological polar surface area (TPSA) is 39.2 Å². The SMILES string of the molecule is Cc1cc2c3c(c1)N(c1cccc4c1oc1ccccc14)c1cc(N4c5ccccc5C5(C)CCCCC45C)ccc1B3c1ccc(N3c4ccc(C(C)(C)C)cc4C4(C)CCCCC34C)cc1N2c1ccc2oc3ccccc3c2c1. The minimum atomic E-state index is -0.126. The van der Waals surface area contributed by atoms with Crippen molar-refractivity contribution in [1.29, 1.82) is 0 Å². The van der Waals surface area contributed by atoms with Gasteiger partial charge in [-0.05, 0) is 175 Å². The van der Waals surface area contributed by atoms with Crippen LogP contribution in [0.15, 0.2) is 185 Å². The third kappa shape index (κ3) is 6.22. The minimum absolute atomic E-state index is 0.0159. The van der Waals surface area contributed by atoms with Crippen LogP contribution in [0.4, 0.5) is 56.9 Å². The Morgan fingerprint density at radius 1 is 0.415 bits per heavy atom. The van der Waals surface area contributed by atoms with Gasteiger partial charge >= 0.3 is 0 Å². The lowest BCUT2D eigenvalue weighted by atomic mass is 9.33. The molecule has 9 aromatic carbocycles. The summed E-state index contributed by atoms with van der Waals surface area (Å²) in [6, 6.07) is 67.4. The van der Waals surface area contributed by atoms with E-state index < -0.39 is 0 Å². The number of para-hydroxylation sites is 4. The van der Waals surface area contributed by atoms with Crippen molar-refractivity contribution in [1.82, 2.24) is 0 Å². The zero-order chi connectivity index (χ0) is 55.4. The van der Waals surface area contributed by atoms with Gasteiger partial charge in [0.15, 0.2) is 5.58 Å². The Labute approximate surface area is 482 Å². The average molecular weight is 1070 g/mol. The average Bonchev–Trinajstić information content (AvgIpc) is 1.44. The number of furan rings is 2. The van der Waals surface area contributed by atoms with E-state index in [1.807, 2.05) is 0 Å². The number of rotatable bonds is 4. The van der Waals surface area contributed by atoms with Crippen molar-refractivity contribution in [2.24, 2.45) is 0 Å². The van der Waals surface area contributed by atoms with E-state index >= 15 is 0 Å². The fraction of sp³-hybridized carbons (Fsp3) is 0.280. The van der Waals surface area contributed by atoms with Crippen LogP contribution in [0.2, 0.25) is 0 Å². The first-order valence-electron chi connectivity index (χ1n) is 30.4. The maximum absolute atomic E-state index is 7.07. The lowest BCUT2D eigenvalue weighted by Crippen LogP contribution is -2.61. The molecule has 4 atom stereocenters. The Morgan fingerprint density at radius 3 is 1.65 bits per heavy atom. The van der Waals surface area contributed by atoms with E-state index in [9.17, 15) is 0 Å². The van der Waals surface area contributed by atoms with Crippen LogP contribution < -0.4 is 36.0 Å². The van der Waals surface area contributed by atoms with Gasteiger partial charge in [0, 0.05) is 83.6 Å². The Balaban J connectivity index is 0.946. The normalized spacial score (nSPS) is 23.3. The third-order valence-electron chi connectivity index (χ3n) is 21.9. The molecule has 6 nitrogen and oxygen atoms in total. The van der Waals surface area contributed by atoms with Crippen LogP contribution in [0.5, 0.6) is 0 Å². The molecule has 2 saturated carbocycles. The molecule has 4 unspecified atom stereocenters. The molecule has 82 heavy (non-hydrogen) atoms. The molecule has 6 aliphatic rings. The second-order valence-corrected chi connectivity index (χ2v) is 27.1. The van der Waals surface area contributed by atoms with Crippen molar-refractivity contribution < 1.29 is 8.83 Å². The van der Waals surface area contributed by atoms with E-state index in [2.05, 4.69) is 251 Å². The van der Waals surface area contributed by atoms with Crippen LogP contribution in [0, 0.1) is 6.92 Å². The third-order valence-corrected chi connectivity index (χ3v) is 21.9. The second-order valence-electron chi connectivity index (χ2n) is 27.1. The van der Waals surface area contributed by atoms with Gasteiger partial charge in [-0.2, -0.15) is 0 Å². The summed E-state index contributed by atoms with van der Waals surface area (Å²) in [6.07, 6.45) is 9.55. The highest BCUT2D eigenvalue weighted by Gasteiger charge is 2.60. The van der Waals surface area contributed by atoms with Gasteiger partial charge in [-0.15, -0.1) is 0 Å². The van der Waals surface area contributed by atoms with Gasteiger partial charge in [0.05, 0.1) is 16.8 Å². The van der Waals surface area contributed by atoms with Gasteiger partial charge in [-0.25, -0.2) is 0 Å². The van der Waals surface area contributed by atoms with E-state index in [1.165, 1.54) is 123 Å². The zero-order valence-electron chi connectivity index (χ0n) is 48.6. The Morgan fingerprint density at radius 2 is 0.951 bits per heavy atom. The van der Waals surface area contributed by atoms with Crippen LogP contribution in [0.1, 0.15) is 122 Å². The van der Waals surface area contributed by atoms with E-state index in [-0.39, 0.29) is 34.0 Å². The number of aryl methyl sites for hydroxylation is 1. The van der Waals surface area contributed by atoms with Crippen molar-refractivity contribution in [3.63, 3.8) is 0 Å². The van der Waals surface area contributed by atoms with Crippen LogP contribution in [0.3, 0.4) is 0 Å². The van der Waals surface area contributed by atoms with Gasteiger partial charge in [-0.3, -0.25) is 0 Å². The summed E-state index contributed by atoms with van der Waals surface area (Å²) in [6.45, 7) is 19.5. The van der Waals surface area contributed by atoms with Gasteiger partial charge in [-0.1, -0.05) is 151 Å². The van der Waals surface area contributed by atoms with Gasteiger partial charge in [0.2, 0.25) is 0 Å². The molecule has 0 bridgehead atoms. The molecule has 2 aliphatic carbocycles. The Hall–Kier alpha value is -8.16. The van der Waals surface area contributed by atoms with Gasteiger partial charge in [0.1, 0.15) is 16.7 Å². The van der Waals surface area contributed by atoms with Crippen LogP contribution >= 0.6 is 0 Å². The summed E-state index contributed by atoms with van der Waals surface area (Å²) >= 11 is 0. The van der Waals surface area contributed by atoms with Gasteiger partial charge < -0.3 is 28.4 Å². The van der Waals surface area contributed by atoms with Crippen molar-refractivity contribution in [2.75, 3.05) is 19.6 Å². The molecule has 11 aromatic rings. The fourth-order valence-electron chi connectivity index (χ4n) is 17.4. The number of fused-ring (bicyclic) bond motifs is 16. The maximum Gasteiger partial charge on any atom is 0.252 e. The summed E-state index contributed by atoms with van der Waals surface area (Å²) in [5.74, 6) is 0. The summed E-state index contributed by atoms with van der Waals surface area (Å²) in [7, 11) is 0. The monoisotopic (exact) mass is 1070 g/mol. The molecular weight excluding hydrogens is 1000 g/mol. The summed E-state index contributed by atoms with van der Waals surface area (Å²) in [5, 5.41) is 4.49. The van der Waals surface area contributed by atoms with Crippen molar-refractivity contribution in [3.8, 4) is 0 Å². The molecule has 17 rings (SSSR count). The molecule has 0 radical (unpaired) electrons. The molecule has 7 heteroatoms. The summed E-state index contributed by atoms with van der Waals surface area (Å²) in [5.41, 5.74) is 24.9. The van der Waals surface area contributed by atoms with E-state index in [4.69, 9.17) is 8.83 Å².